The van der Waals surface area contributed by atoms with Crippen LogP contribution in [0.2, 0.25) is 0 Å². The molecule has 3 aliphatic heterocycles. The number of nitrogens with zero attached hydrogens (tertiary/aromatic N) is 4. The molecule has 5 heterocycles. The number of thioether (sulfide) groups is 1. The molecule has 2 N–H and O–H groups in total. The molecule has 1 aliphatic carbocycles. The van der Waals surface area contributed by atoms with Crippen LogP contribution in [0.4, 0.5) is 8.78 Å². The number of hydrogen-bond donors (Lipinski definition) is 2. The molecular formula is C42H54F2N6O6S. The van der Waals surface area contributed by atoms with Crippen molar-refractivity contribution in [2.45, 2.75) is 104 Å². The molecule has 57 heavy (non-hydrogen) atoms. The smallest absolute Gasteiger partial charge is 0.324 e. The number of rotatable bonds is 9. The van der Waals surface area contributed by atoms with Gasteiger partial charge in [-0.15, -0.1) is 11.8 Å². The molecule has 6 bridgehead atoms. The first-order valence-electron chi connectivity index (χ1n) is 20.0. The number of hydrogen-bond acceptors (Lipinski definition) is 10. The number of fused-ring (bicyclic) bond motifs is 5. The van der Waals surface area contributed by atoms with E-state index in [9.17, 15) is 23.2 Å². The van der Waals surface area contributed by atoms with Crippen LogP contribution in [0, 0.1) is 23.2 Å². The van der Waals surface area contributed by atoms with Crippen LogP contribution in [0.25, 0.3) is 22.2 Å². The third-order valence-electron chi connectivity index (χ3n) is 12.0. The van der Waals surface area contributed by atoms with Crippen molar-refractivity contribution in [3.63, 3.8) is 0 Å². The van der Waals surface area contributed by atoms with Crippen molar-refractivity contribution in [3.8, 4) is 11.3 Å². The number of esters is 1. The maximum atomic E-state index is 14.5. The first-order chi connectivity index (χ1) is 27.2. The number of carbonyl (C=O) groups is 3. The second-order valence-electron chi connectivity index (χ2n) is 16.6. The summed E-state index contributed by atoms with van der Waals surface area (Å²) in [6.07, 6.45) is -1.16. The Balaban J connectivity index is 1.38. The number of halogens is 2. The maximum absolute atomic E-state index is 14.5. The first kappa shape index (κ1) is 41.2. The van der Waals surface area contributed by atoms with Gasteiger partial charge in [-0.2, -0.15) is 0 Å². The van der Waals surface area contributed by atoms with Crippen molar-refractivity contribution in [1.82, 2.24) is 25.3 Å². The monoisotopic (exact) mass is 808 g/mol. The Hall–Kier alpha value is -3.92. The van der Waals surface area contributed by atoms with Gasteiger partial charge in [-0.25, -0.2) is 14.2 Å². The van der Waals surface area contributed by atoms with Crippen LogP contribution in [0.5, 0.6) is 0 Å². The van der Waals surface area contributed by atoms with E-state index in [1.54, 1.807) is 13.3 Å². The average Bonchev–Trinajstić information content (AvgIpc) is 3.49. The van der Waals surface area contributed by atoms with E-state index < -0.39 is 48.5 Å². The number of alkyl halides is 2. The lowest BCUT2D eigenvalue weighted by Gasteiger charge is -2.37. The summed E-state index contributed by atoms with van der Waals surface area (Å²) in [5.41, 5.74) is 8.30. The van der Waals surface area contributed by atoms with Gasteiger partial charge in [-0.1, -0.05) is 33.8 Å². The van der Waals surface area contributed by atoms with Crippen LogP contribution in [-0.2, 0) is 41.6 Å². The summed E-state index contributed by atoms with van der Waals surface area (Å²) in [7, 11) is 1.67. The maximum Gasteiger partial charge on any atom is 0.324 e. The molecule has 0 radical (unpaired) electrons. The van der Waals surface area contributed by atoms with Crippen molar-refractivity contribution in [2.24, 2.45) is 28.2 Å². The highest BCUT2D eigenvalue weighted by Gasteiger charge is 2.50. The Bertz CT molecular complexity index is 2030. The van der Waals surface area contributed by atoms with Crippen molar-refractivity contribution in [2.75, 3.05) is 32.6 Å². The quantitative estimate of drug-likeness (QED) is 0.240. The summed E-state index contributed by atoms with van der Waals surface area (Å²) in [6, 6.07) is 7.68. The van der Waals surface area contributed by atoms with Gasteiger partial charge in [0.05, 0.1) is 30.1 Å². The molecule has 2 fully saturated rings. The second-order valence-corrected chi connectivity index (χ2v) is 17.6. The first-order valence-corrected chi connectivity index (χ1v) is 21.0. The summed E-state index contributed by atoms with van der Waals surface area (Å²) in [5.74, 6) is -1.07. The molecule has 12 nitrogen and oxygen atoms in total. The number of nitrogens with one attached hydrogen (secondary N) is 2. The number of aromatic nitrogens is 2. The topological polar surface area (TPSA) is 136 Å². The normalized spacial score (nSPS) is 28.2. The zero-order chi connectivity index (χ0) is 40.8. The molecule has 7 rings (SSSR count). The van der Waals surface area contributed by atoms with Gasteiger partial charge in [0.25, 0.3) is 12.3 Å². The average molecular weight is 809 g/mol. The molecular weight excluding hydrogens is 755 g/mol. The molecule has 0 spiro atoms. The number of methoxy groups -OCH3 is 1. The Kier molecular flexibility index (Phi) is 12.1. The minimum Gasteiger partial charge on any atom is -0.464 e. The number of cyclic esters (lactones) is 1. The van der Waals surface area contributed by atoms with Crippen LogP contribution in [0.1, 0.15) is 83.4 Å². The fourth-order valence-electron chi connectivity index (χ4n) is 8.56. The molecule has 3 aromatic rings. The number of carbonyl (C=O) groups excluding carboxylic acids is 3. The Morgan fingerprint density at radius 2 is 1.96 bits per heavy atom. The van der Waals surface area contributed by atoms with E-state index in [1.807, 2.05) is 32.9 Å². The molecule has 4 aliphatic rings. The lowest BCUT2D eigenvalue weighted by atomic mass is 9.84. The van der Waals surface area contributed by atoms with Gasteiger partial charge < -0.3 is 24.1 Å². The molecule has 1 saturated carbocycles. The van der Waals surface area contributed by atoms with E-state index in [4.69, 9.17) is 24.2 Å². The number of aryl methyl sites for hydroxylation is 1. The molecule has 15 heteroatoms. The number of pyridine rings is 1. The lowest BCUT2D eigenvalue weighted by Crippen LogP contribution is -2.63. The predicted molar refractivity (Wildman–Crippen MR) is 215 cm³/mol. The minimum atomic E-state index is -2.82. The Labute approximate surface area is 336 Å². The van der Waals surface area contributed by atoms with Crippen LogP contribution < -0.4 is 10.7 Å². The summed E-state index contributed by atoms with van der Waals surface area (Å²) < 4.78 is 47.7. The molecule has 2 aromatic heterocycles. The SMILES string of the molecule is CCn1c(-c2cccnc2[C@H](C)OC)c2c3cc(ccc31)C1CSC(=N1)[C@@H](OCC(F)F)[C@H](NC(=O)[C@H]1[C@H](C)[C@@H]1C)C(=O)N1CCC[C@H](N1)C(=O)OCC(C)(C)C2. The van der Waals surface area contributed by atoms with Gasteiger partial charge in [-0.3, -0.25) is 29.4 Å². The fourth-order valence-corrected chi connectivity index (χ4v) is 9.73. The van der Waals surface area contributed by atoms with Crippen LogP contribution in [-0.4, -0.2) is 94.6 Å². The highest BCUT2D eigenvalue weighted by molar-refractivity contribution is 8.14. The summed E-state index contributed by atoms with van der Waals surface area (Å²) >= 11 is 1.34. The van der Waals surface area contributed by atoms with Crippen molar-refractivity contribution in [1.29, 1.82) is 0 Å². The number of amides is 2. The lowest BCUT2D eigenvalue weighted by molar-refractivity contribution is -0.156. The number of ether oxygens (including phenoxy) is 3. The van der Waals surface area contributed by atoms with Crippen molar-refractivity contribution >= 4 is 45.5 Å². The van der Waals surface area contributed by atoms with E-state index in [2.05, 4.69) is 54.3 Å². The molecule has 1 aromatic carbocycles. The minimum absolute atomic E-state index is 0.106. The standard InChI is InChI=1S/C42H54F2N6O6S/c1-8-49-31-14-13-25-17-27(31)28(36(49)26-11-9-15-45-34(26)24(4)54-7)18-42(5,6)21-56-41(53)29-12-10-16-50(48-29)40(52)35(47-38(51)33-22(2)23(33)3)37(55-19-32(43)44)39-46-30(25)20-57-39/h9,11,13-15,17,22-24,29-30,32-33,35,37,48H,8,10,12,16,18-21H2,1-7H3,(H,47,51)/t22-,23+,24-,29-,30?,33+,35-,37-/m0/s1. The summed E-state index contributed by atoms with van der Waals surface area (Å²) in [5, 5.41) is 5.57. The number of hydrazine groups is 1. The second kappa shape index (κ2) is 16.7. The van der Waals surface area contributed by atoms with E-state index in [0.29, 0.717) is 36.6 Å². The fraction of sp³-hybridized carbons (Fsp3) is 0.595. The highest BCUT2D eigenvalue weighted by atomic mass is 32.2. The van der Waals surface area contributed by atoms with Gasteiger partial charge in [0.15, 0.2) is 0 Å². The summed E-state index contributed by atoms with van der Waals surface area (Å²) in [6.45, 7) is 12.2. The van der Waals surface area contributed by atoms with Gasteiger partial charge in [0.2, 0.25) is 5.91 Å². The molecule has 8 atom stereocenters. The van der Waals surface area contributed by atoms with Gasteiger partial charge in [0, 0.05) is 59.9 Å². The Morgan fingerprint density at radius 3 is 2.67 bits per heavy atom. The Morgan fingerprint density at radius 1 is 1.19 bits per heavy atom. The van der Waals surface area contributed by atoms with Crippen LogP contribution >= 0.6 is 11.8 Å². The third-order valence-corrected chi connectivity index (χ3v) is 13.1. The molecule has 1 unspecified atom stereocenters. The molecule has 308 valence electrons. The largest absolute Gasteiger partial charge is 0.464 e. The van der Waals surface area contributed by atoms with Gasteiger partial charge >= 0.3 is 5.97 Å². The van der Waals surface area contributed by atoms with E-state index in [1.165, 1.54) is 16.8 Å². The van der Waals surface area contributed by atoms with Crippen molar-refractivity contribution in [3.05, 3.63) is 53.3 Å². The zero-order valence-electron chi connectivity index (χ0n) is 33.7. The zero-order valence-corrected chi connectivity index (χ0v) is 34.5. The van der Waals surface area contributed by atoms with E-state index >= 15 is 0 Å². The number of aliphatic imine (C=N–C) groups is 1. The third kappa shape index (κ3) is 8.35. The predicted octanol–water partition coefficient (Wildman–Crippen LogP) is 6.28. The molecule has 1 saturated heterocycles. The van der Waals surface area contributed by atoms with E-state index in [0.717, 1.165) is 39.0 Å². The van der Waals surface area contributed by atoms with E-state index in [-0.39, 0.29) is 49.0 Å². The molecule has 2 amide bonds. The van der Waals surface area contributed by atoms with Gasteiger partial charge in [0.1, 0.15) is 29.8 Å². The van der Waals surface area contributed by atoms with Crippen LogP contribution in [0.15, 0.2) is 41.5 Å². The van der Waals surface area contributed by atoms with Gasteiger partial charge in [-0.05, 0) is 80.3 Å². The van der Waals surface area contributed by atoms with Crippen molar-refractivity contribution < 1.29 is 37.4 Å². The number of benzene rings is 1. The summed E-state index contributed by atoms with van der Waals surface area (Å²) in [4.78, 5) is 51.7. The highest BCUT2D eigenvalue weighted by Crippen LogP contribution is 2.46. The van der Waals surface area contributed by atoms with Crippen LogP contribution in [0.3, 0.4) is 0 Å².